The van der Waals surface area contributed by atoms with Crippen LogP contribution in [0.3, 0.4) is 0 Å². The second kappa shape index (κ2) is 9.06. The highest BCUT2D eigenvalue weighted by Gasteiger charge is 2.37. The summed E-state index contributed by atoms with van der Waals surface area (Å²) in [6, 6.07) is 17.9. The number of furan rings is 1. The first-order chi connectivity index (χ1) is 17.6. The fourth-order valence-electron chi connectivity index (χ4n) is 4.43. The quantitative estimate of drug-likeness (QED) is 0.355. The molecule has 2 aromatic carbocycles. The van der Waals surface area contributed by atoms with Crippen LogP contribution in [-0.4, -0.2) is 45.9 Å². The largest absolute Gasteiger partial charge is 0.493 e. The molecule has 0 aliphatic carbocycles. The predicted octanol–water partition coefficient (Wildman–Crippen LogP) is 4.57. The molecule has 0 saturated carbocycles. The van der Waals surface area contributed by atoms with Gasteiger partial charge in [-0.3, -0.25) is 4.98 Å². The molecule has 1 N–H and O–H groups in total. The molecule has 0 spiro atoms. The van der Waals surface area contributed by atoms with E-state index >= 15 is 0 Å². The summed E-state index contributed by atoms with van der Waals surface area (Å²) in [5.74, 6) is 0.822. The minimum Gasteiger partial charge on any atom is -0.493 e. The molecular formula is C26H24N6O4. The Morgan fingerprint density at radius 3 is 2.61 bits per heavy atom. The van der Waals surface area contributed by atoms with Gasteiger partial charge in [0.2, 0.25) is 11.6 Å². The number of ether oxygens (including phenoxy) is 3. The number of nitrogens with one attached hydrogen (secondary N) is 1. The summed E-state index contributed by atoms with van der Waals surface area (Å²) < 4.78 is 23.6. The maximum absolute atomic E-state index is 6.28. The van der Waals surface area contributed by atoms with Crippen LogP contribution < -0.4 is 9.64 Å². The van der Waals surface area contributed by atoms with Crippen molar-refractivity contribution >= 4 is 22.3 Å². The van der Waals surface area contributed by atoms with Crippen LogP contribution >= 0.6 is 0 Å². The van der Waals surface area contributed by atoms with Crippen molar-refractivity contribution in [2.75, 3.05) is 25.2 Å². The average Bonchev–Trinajstić information content (AvgIpc) is 3.69. The Hall–Kier alpha value is -4.28. The molecule has 0 unspecified atom stereocenters. The van der Waals surface area contributed by atoms with Crippen LogP contribution in [0.2, 0.25) is 0 Å². The normalized spacial score (nSPS) is 14.8. The lowest BCUT2D eigenvalue weighted by Crippen LogP contribution is -2.21. The molecule has 6 rings (SSSR count). The second-order valence-corrected chi connectivity index (χ2v) is 8.51. The Kier molecular flexibility index (Phi) is 5.59. The number of benzene rings is 2. The molecule has 10 nitrogen and oxygen atoms in total. The Morgan fingerprint density at radius 1 is 1.08 bits per heavy atom. The molecule has 1 saturated heterocycles. The predicted molar refractivity (Wildman–Crippen MR) is 132 cm³/mol. The van der Waals surface area contributed by atoms with Crippen molar-refractivity contribution in [2.45, 2.75) is 19.3 Å². The lowest BCUT2D eigenvalue weighted by atomic mass is 10.1. The van der Waals surface area contributed by atoms with Crippen LogP contribution in [0.4, 0.5) is 11.4 Å². The first-order valence-corrected chi connectivity index (χ1v) is 11.5. The van der Waals surface area contributed by atoms with E-state index < -0.39 is 5.79 Å². The Bertz CT molecular complexity index is 1460. The Labute approximate surface area is 206 Å². The van der Waals surface area contributed by atoms with Crippen LogP contribution in [0.15, 0.2) is 71.4 Å². The van der Waals surface area contributed by atoms with Gasteiger partial charge in [0.05, 0.1) is 26.0 Å². The molecule has 0 bridgehead atoms. The van der Waals surface area contributed by atoms with Gasteiger partial charge in [0.1, 0.15) is 0 Å². The van der Waals surface area contributed by atoms with Crippen LogP contribution in [-0.2, 0) is 21.8 Å². The van der Waals surface area contributed by atoms with Crippen molar-refractivity contribution < 1.29 is 18.6 Å². The summed E-state index contributed by atoms with van der Waals surface area (Å²) in [5.41, 5.74) is 4.47. The third-order valence-corrected chi connectivity index (χ3v) is 6.27. The zero-order valence-electron chi connectivity index (χ0n) is 19.8. The maximum atomic E-state index is 6.28. The fourth-order valence-corrected chi connectivity index (χ4v) is 4.43. The van der Waals surface area contributed by atoms with E-state index in [1.54, 1.807) is 13.3 Å². The summed E-state index contributed by atoms with van der Waals surface area (Å²) in [6.45, 7) is 3.48. The summed E-state index contributed by atoms with van der Waals surface area (Å²) >= 11 is 0. The van der Waals surface area contributed by atoms with Crippen molar-refractivity contribution in [3.63, 3.8) is 0 Å². The second-order valence-electron chi connectivity index (χ2n) is 8.51. The van der Waals surface area contributed by atoms with Crippen LogP contribution in [0, 0.1) is 0 Å². The summed E-state index contributed by atoms with van der Waals surface area (Å²) in [6.07, 6.45) is 3.63. The first kappa shape index (κ1) is 22.2. The van der Waals surface area contributed by atoms with E-state index in [4.69, 9.17) is 18.6 Å². The molecule has 4 heterocycles. The molecular weight excluding hydrogens is 460 g/mol. The number of rotatable bonds is 7. The molecule has 1 fully saturated rings. The molecule has 1 aliphatic heterocycles. The molecule has 10 heteroatoms. The lowest BCUT2D eigenvalue weighted by molar-refractivity contribution is -0.162. The van der Waals surface area contributed by atoms with Gasteiger partial charge in [-0.15, -0.1) is 10.2 Å². The van der Waals surface area contributed by atoms with Gasteiger partial charge in [0.15, 0.2) is 17.1 Å². The third-order valence-electron chi connectivity index (χ3n) is 6.27. The highest BCUT2D eigenvalue weighted by Crippen LogP contribution is 2.43. The van der Waals surface area contributed by atoms with Crippen molar-refractivity contribution in [1.82, 2.24) is 25.6 Å². The van der Waals surface area contributed by atoms with Gasteiger partial charge >= 0.3 is 0 Å². The number of tetrazole rings is 1. The molecule has 182 valence electrons. The zero-order chi connectivity index (χ0) is 24.5. The Balaban J connectivity index is 1.48. The minimum absolute atomic E-state index is 0.511. The number of aromatic amines is 1. The van der Waals surface area contributed by atoms with Crippen LogP contribution in [0.5, 0.6) is 5.75 Å². The standard InChI is InChI=1S/C26H24N6O4/c1-26(34-12-13-35-26)23-14-20-21(9-10-22(33-2)24(20)36-23)32(16-17-4-3-11-27-15-17)19-7-5-18(6-8-19)25-28-30-31-29-25/h3-11,14-15H,12-13,16H2,1-2H3,(H,28,29,30,31). The van der Waals surface area contributed by atoms with Gasteiger partial charge in [0, 0.05) is 35.6 Å². The average molecular weight is 485 g/mol. The van der Waals surface area contributed by atoms with Crippen molar-refractivity contribution in [1.29, 1.82) is 0 Å². The number of anilines is 2. The highest BCUT2D eigenvalue weighted by atomic mass is 16.7. The van der Waals surface area contributed by atoms with E-state index in [0.29, 0.717) is 42.7 Å². The van der Waals surface area contributed by atoms with Gasteiger partial charge in [-0.2, -0.15) is 5.21 Å². The van der Waals surface area contributed by atoms with Gasteiger partial charge in [0.25, 0.3) is 0 Å². The number of pyridine rings is 1. The highest BCUT2D eigenvalue weighted by molar-refractivity contribution is 5.97. The molecule has 0 radical (unpaired) electrons. The zero-order valence-corrected chi connectivity index (χ0v) is 19.8. The fraction of sp³-hybridized carbons (Fsp3) is 0.231. The number of nitrogens with zero attached hydrogens (tertiary/aromatic N) is 5. The molecule has 36 heavy (non-hydrogen) atoms. The molecule has 0 atom stereocenters. The van der Waals surface area contributed by atoms with Crippen molar-refractivity contribution in [3.05, 3.63) is 78.3 Å². The third kappa shape index (κ3) is 3.96. The van der Waals surface area contributed by atoms with E-state index in [9.17, 15) is 0 Å². The van der Waals surface area contributed by atoms with E-state index in [2.05, 4.69) is 36.6 Å². The van der Waals surface area contributed by atoms with Crippen LogP contribution in [0.1, 0.15) is 18.2 Å². The van der Waals surface area contributed by atoms with Gasteiger partial charge < -0.3 is 23.5 Å². The first-order valence-electron chi connectivity index (χ1n) is 11.5. The number of hydrogen-bond acceptors (Lipinski definition) is 9. The van der Waals surface area contributed by atoms with E-state index in [1.807, 2.05) is 61.7 Å². The van der Waals surface area contributed by atoms with E-state index in [-0.39, 0.29) is 0 Å². The molecule has 3 aromatic heterocycles. The summed E-state index contributed by atoms with van der Waals surface area (Å²) in [4.78, 5) is 6.51. The molecule has 1 aliphatic rings. The number of hydrogen-bond donors (Lipinski definition) is 1. The van der Waals surface area contributed by atoms with Gasteiger partial charge in [-0.1, -0.05) is 6.07 Å². The molecule has 0 amide bonds. The summed E-state index contributed by atoms with van der Waals surface area (Å²) in [5, 5.41) is 15.2. The lowest BCUT2D eigenvalue weighted by Gasteiger charge is -2.26. The van der Waals surface area contributed by atoms with Gasteiger partial charge in [-0.05, 0) is 66.2 Å². The smallest absolute Gasteiger partial charge is 0.225 e. The van der Waals surface area contributed by atoms with E-state index in [0.717, 1.165) is 27.9 Å². The summed E-state index contributed by atoms with van der Waals surface area (Å²) in [7, 11) is 1.63. The topological polar surface area (TPSA) is 111 Å². The van der Waals surface area contributed by atoms with Crippen LogP contribution in [0.25, 0.3) is 22.4 Å². The number of methoxy groups -OCH3 is 1. The number of H-pyrrole nitrogens is 1. The number of aromatic nitrogens is 5. The SMILES string of the molecule is COc1ccc(N(Cc2cccnc2)c2ccc(-c3nn[nH]n3)cc2)c2cc(C3(C)OCCO3)oc12. The number of fused-ring (bicyclic) bond motifs is 1. The van der Waals surface area contributed by atoms with E-state index in [1.165, 1.54) is 0 Å². The van der Waals surface area contributed by atoms with Crippen molar-refractivity contribution in [3.8, 4) is 17.1 Å². The monoisotopic (exact) mass is 484 g/mol. The maximum Gasteiger partial charge on any atom is 0.225 e. The Morgan fingerprint density at radius 2 is 1.92 bits per heavy atom. The van der Waals surface area contributed by atoms with Crippen molar-refractivity contribution in [2.24, 2.45) is 0 Å². The minimum atomic E-state index is -0.943. The molecule has 5 aromatic rings. The van der Waals surface area contributed by atoms with Gasteiger partial charge in [-0.25, -0.2) is 0 Å².